The zero-order valence-corrected chi connectivity index (χ0v) is 18.9. The third-order valence-electron chi connectivity index (χ3n) is 4.82. The molecule has 1 amide bonds. The molecule has 0 fully saturated rings. The molecule has 1 N–H and O–H groups in total. The summed E-state index contributed by atoms with van der Waals surface area (Å²) in [6.07, 6.45) is 0. The van der Waals surface area contributed by atoms with Crippen LogP contribution < -0.4 is 14.4 Å². The van der Waals surface area contributed by atoms with E-state index in [9.17, 15) is 13.2 Å². The van der Waals surface area contributed by atoms with Gasteiger partial charge in [0, 0.05) is 5.69 Å². The maximum Gasteiger partial charge on any atom is 0.270 e. The van der Waals surface area contributed by atoms with Gasteiger partial charge in [-0.2, -0.15) is 0 Å². The number of benzene rings is 2. The van der Waals surface area contributed by atoms with E-state index in [0.717, 1.165) is 15.4 Å². The van der Waals surface area contributed by atoms with Gasteiger partial charge in [0.05, 0.1) is 12.8 Å². The van der Waals surface area contributed by atoms with Crippen molar-refractivity contribution in [3.05, 3.63) is 65.0 Å². The van der Waals surface area contributed by atoms with Crippen LogP contribution in [0.15, 0.2) is 51.9 Å². The number of amides is 1. The van der Waals surface area contributed by atoms with Gasteiger partial charge in [0.2, 0.25) is 5.91 Å². The second kappa shape index (κ2) is 8.81. The summed E-state index contributed by atoms with van der Waals surface area (Å²) in [6.45, 7) is 6.48. The van der Waals surface area contributed by atoms with Crippen LogP contribution in [0.4, 0.5) is 11.4 Å². The molecule has 0 spiro atoms. The lowest BCUT2D eigenvalue weighted by Crippen LogP contribution is -2.38. The molecule has 0 saturated carbocycles. The lowest BCUT2D eigenvalue weighted by Gasteiger charge is -2.24. The van der Waals surface area contributed by atoms with Crippen molar-refractivity contribution >= 4 is 27.3 Å². The average Bonchev–Trinajstić information content (AvgIpc) is 3.07. The van der Waals surface area contributed by atoms with Crippen LogP contribution >= 0.6 is 0 Å². The number of methoxy groups -OCH3 is 1. The van der Waals surface area contributed by atoms with Crippen LogP contribution in [-0.2, 0) is 14.8 Å². The highest BCUT2D eigenvalue weighted by atomic mass is 32.2. The lowest BCUT2D eigenvalue weighted by atomic mass is 10.1. The Hall–Kier alpha value is -3.33. The zero-order chi connectivity index (χ0) is 22.8. The van der Waals surface area contributed by atoms with Crippen molar-refractivity contribution in [1.82, 2.24) is 5.16 Å². The molecule has 0 bridgehead atoms. The molecule has 0 saturated heterocycles. The number of carbonyl (C=O) groups is 1. The summed E-state index contributed by atoms with van der Waals surface area (Å²) in [6, 6.07) is 12.0. The van der Waals surface area contributed by atoms with Crippen molar-refractivity contribution < 1.29 is 22.5 Å². The molecule has 3 aromatic rings. The van der Waals surface area contributed by atoms with Gasteiger partial charge < -0.3 is 14.6 Å². The number of nitrogens with one attached hydrogen (secondary N) is 1. The van der Waals surface area contributed by atoms with E-state index in [0.29, 0.717) is 17.1 Å². The number of ether oxygens (including phenoxy) is 1. The number of carbonyl (C=O) groups excluding carboxylic acids is 1. The summed E-state index contributed by atoms with van der Waals surface area (Å²) in [5, 5.41) is 6.55. The Labute approximate surface area is 181 Å². The van der Waals surface area contributed by atoms with Gasteiger partial charge in [0.1, 0.15) is 18.0 Å². The Bertz CT molecular complexity index is 1180. The molecule has 0 unspecified atom stereocenters. The van der Waals surface area contributed by atoms with Crippen molar-refractivity contribution in [3.8, 4) is 5.75 Å². The molecule has 164 valence electrons. The van der Waals surface area contributed by atoms with Gasteiger partial charge >= 0.3 is 0 Å². The summed E-state index contributed by atoms with van der Waals surface area (Å²) in [7, 11) is -2.60. The van der Waals surface area contributed by atoms with E-state index < -0.39 is 22.5 Å². The van der Waals surface area contributed by atoms with E-state index in [-0.39, 0.29) is 16.3 Å². The Morgan fingerprint density at radius 2 is 1.77 bits per heavy atom. The first-order valence-corrected chi connectivity index (χ1v) is 11.0. The fraction of sp³-hybridized carbons (Fsp3) is 0.273. The third kappa shape index (κ3) is 4.72. The van der Waals surface area contributed by atoms with E-state index in [2.05, 4.69) is 10.5 Å². The maximum atomic E-state index is 13.5. The number of hydrogen-bond donors (Lipinski definition) is 1. The van der Waals surface area contributed by atoms with Crippen molar-refractivity contribution in [1.29, 1.82) is 0 Å². The first-order chi connectivity index (χ1) is 14.6. The third-order valence-corrected chi connectivity index (χ3v) is 6.84. The normalized spacial score (nSPS) is 11.3. The molecule has 9 heteroatoms. The second-order valence-electron chi connectivity index (χ2n) is 7.23. The SMILES string of the molecule is COc1ccc(N(CC(=O)Nc2ccc(C)cc2C)S(=O)(=O)c2c(C)noc2C)cc1. The molecule has 0 atom stereocenters. The van der Waals surface area contributed by atoms with Crippen LogP contribution in [0, 0.1) is 27.7 Å². The van der Waals surface area contributed by atoms with Gasteiger partial charge in [-0.25, -0.2) is 8.42 Å². The molecule has 1 aromatic heterocycles. The van der Waals surface area contributed by atoms with Crippen LogP contribution in [0.3, 0.4) is 0 Å². The number of nitrogens with zero attached hydrogens (tertiary/aromatic N) is 2. The number of aryl methyl sites for hydroxylation is 4. The number of anilines is 2. The smallest absolute Gasteiger partial charge is 0.270 e. The summed E-state index contributed by atoms with van der Waals surface area (Å²) in [5.41, 5.74) is 3.12. The van der Waals surface area contributed by atoms with E-state index in [1.807, 2.05) is 26.0 Å². The minimum absolute atomic E-state index is 0.0531. The molecule has 2 aromatic carbocycles. The van der Waals surface area contributed by atoms with Crippen LogP contribution in [-0.4, -0.2) is 33.1 Å². The largest absolute Gasteiger partial charge is 0.497 e. The molecule has 8 nitrogen and oxygen atoms in total. The van der Waals surface area contributed by atoms with Gasteiger partial charge in [-0.15, -0.1) is 0 Å². The standard InChI is InChI=1S/C22H25N3O5S/c1-14-6-11-20(15(2)12-14)23-21(26)13-25(18-7-9-19(29-5)10-8-18)31(27,28)22-16(3)24-30-17(22)4/h6-12H,13H2,1-5H3,(H,23,26). The highest BCUT2D eigenvalue weighted by molar-refractivity contribution is 7.93. The predicted octanol–water partition coefficient (Wildman–Crippen LogP) is 3.75. The summed E-state index contributed by atoms with van der Waals surface area (Å²) in [5.74, 6) is 0.252. The number of rotatable bonds is 7. The van der Waals surface area contributed by atoms with Crippen molar-refractivity contribution in [2.24, 2.45) is 0 Å². The highest BCUT2D eigenvalue weighted by Crippen LogP contribution is 2.29. The monoisotopic (exact) mass is 443 g/mol. The van der Waals surface area contributed by atoms with Gasteiger partial charge in [-0.05, 0) is 63.6 Å². The van der Waals surface area contributed by atoms with Crippen LogP contribution in [0.2, 0.25) is 0 Å². The fourth-order valence-corrected chi connectivity index (χ4v) is 5.01. The molecule has 3 rings (SSSR count). The maximum absolute atomic E-state index is 13.5. The van der Waals surface area contributed by atoms with Gasteiger partial charge in [0.15, 0.2) is 10.7 Å². The molecule has 0 aliphatic heterocycles. The summed E-state index contributed by atoms with van der Waals surface area (Å²) >= 11 is 0. The quantitative estimate of drug-likeness (QED) is 0.597. The molecule has 31 heavy (non-hydrogen) atoms. The fourth-order valence-electron chi connectivity index (χ4n) is 3.29. The predicted molar refractivity (Wildman–Crippen MR) is 118 cm³/mol. The van der Waals surface area contributed by atoms with Gasteiger partial charge in [0.25, 0.3) is 10.0 Å². The molecule has 0 aliphatic carbocycles. The van der Waals surface area contributed by atoms with Gasteiger partial charge in [-0.3, -0.25) is 9.10 Å². The van der Waals surface area contributed by atoms with E-state index >= 15 is 0 Å². The average molecular weight is 444 g/mol. The Balaban J connectivity index is 1.98. The topological polar surface area (TPSA) is 102 Å². The van der Waals surface area contributed by atoms with Gasteiger partial charge in [-0.1, -0.05) is 22.9 Å². The Morgan fingerprint density at radius 3 is 2.32 bits per heavy atom. The van der Waals surface area contributed by atoms with Crippen molar-refractivity contribution in [3.63, 3.8) is 0 Å². The van der Waals surface area contributed by atoms with E-state index in [1.165, 1.54) is 14.0 Å². The summed E-state index contributed by atoms with van der Waals surface area (Å²) in [4.78, 5) is 12.8. The lowest BCUT2D eigenvalue weighted by molar-refractivity contribution is -0.114. The van der Waals surface area contributed by atoms with Crippen molar-refractivity contribution in [2.45, 2.75) is 32.6 Å². The zero-order valence-electron chi connectivity index (χ0n) is 18.1. The van der Waals surface area contributed by atoms with Crippen LogP contribution in [0.5, 0.6) is 5.75 Å². The number of hydrogen-bond acceptors (Lipinski definition) is 6. The minimum Gasteiger partial charge on any atom is -0.497 e. The Kier molecular flexibility index (Phi) is 6.35. The molecule has 0 radical (unpaired) electrons. The first kappa shape index (κ1) is 22.4. The Morgan fingerprint density at radius 1 is 1.10 bits per heavy atom. The minimum atomic E-state index is -4.12. The molecule has 1 heterocycles. The highest BCUT2D eigenvalue weighted by Gasteiger charge is 2.33. The van der Waals surface area contributed by atoms with Crippen LogP contribution in [0.25, 0.3) is 0 Å². The second-order valence-corrected chi connectivity index (χ2v) is 9.03. The van der Waals surface area contributed by atoms with Crippen molar-refractivity contribution in [2.75, 3.05) is 23.3 Å². The van der Waals surface area contributed by atoms with E-state index in [4.69, 9.17) is 9.26 Å². The molecular formula is C22H25N3O5S. The summed E-state index contributed by atoms with van der Waals surface area (Å²) < 4.78 is 38.3. The first-order valence-electron chi connectivity index (χ1n) is 9.60. The molecule has 0 aliphatic rings. The number of sulfonamides is 1. The van der Waals surface area contributed by atoms with E-state index in [1.54, 1.807) is 37.3 Å². The number of aromatic nitrogens is 1. The van der Waals surface area contributed by atoms with Crippen LogP contribution in [0.1, 0.15) is 22.6 Å². The molecular weight excluding hydrogens is 418 g/mol.